The fourth-order valence-electron chi connectivity index (χ4n) is 1.37. The molecule has 0 radical (unpaired) electrons. The van der Waals surface area contributed by atoms with Crippen molar-refractivity contribution in [2.45, 2.75) is 0 Å². The summed E-state index contributed by atoms with van der Waals surface area (Å²) in [6, 6.07) is 4.13. The van der Waals surface area contributed by atoms with Crippen molar-refractivity contribution in [3.8, 4) is 5.69 Å². The Morgan fingerprint density at radius 3 is 2.39 bits per heavy atom. The number of halogens is 2. The van der Waals surface area contributed by atoms with Crippen LogP contribution < -0.4 is 16.9 Å². The van der Waals surface area contributed by atoms with E-state index in [1.165, 1.54) is 25.2 Å². The van der Waals surface area contributed by atoms with Crippen LogP contribution in [-0.4, -0.2) is 9.31 Å². The summed E-state index contributed by atoms with van der Waals surface area (Å²) in [6.45, 7) is 0. The predicted octanol–water partition coefficient (Wildman–Crippen LogP) is 0.796. The van der Waals surface area contributed by atoms with Gasteiger partial charge in [0.2, 0.25) is 0 Å². The highest BCUT2D eigenvalue weighted by Gasteiger charge is 2.12. The summed E-state index contributed by atoms with van der Waals surface area (Å²) in [6.07, 6.45) is 0. The van der Waals surface area contributed by atoms with Gasteiger partial charge in [-0.25, -0.2) is 14.2 Å². The molecule has 0 aliphatic heterocycles. The monoisotopic (exact) mass is 288 g/mol. The zero-order chi connectivity index (χ0) is 13.4. The van der Waals surface area contributed by atoms with Gasteiger partial charge in [-0.15, -0.1) is 0 Å². The Bertz CT molecular complexity index is 788. The molecule has 18 heavy (non-hydrogen) atoms. The van der Waals surface area contributed by atoms with Crippen LogP contribution in [-0.2, 0) is 7.05 Å². The third-order valence-electron chi connectivity index (χ3n) is 2.22. The standard InChI is InChI=1S/C10H6Cl2N2O4/c1-13-10(17)14(8(15)9(16)18-13)5-2-3-6(11)7(12)4-5/h2-4H,1H3. The Morgan fingerprint density at radius 1 is 1.11 bits per heavy atom. The Kier molecular flexibility index (Phi) is 3.14. The van der Waals surface area contributed by atoms with Crippen molar-refractivity contribution in [2.24, 2.45) is 7.05 Å². The molecule has 1 heterocycles. The van der Waals surface area contributed by atoms with Crippen LogP contribution in [0.25, 0.3) is 5.69 Å². The summed E-state index contributed by atoms with van der Waals surface area (Å²) in [7, 11) is 1.22. The van der Waals surface area contributed by atoms with Crippen molar-refractivity contribution in [3.63, 3.8) is 0 Å². The SMILES string of the molecule is Cn1oc(=O)c(=O)n(-c2ccc(Cl)c(Cl)c2)c1=O. The van der Waals surface area contributed by atoms with E-state index >= 15 is 0 Å². The third kappa shape index (κ3) is 2.00. The lowest BCUT2D eigenvalue weighted by molar-refractivity contribution is 0.234. The molecule has 0 aliphatic rings. The lowest BCUT2D eigenvalue weighted by atomic mass is 10.3. The Hall–Kier alpha value is -1.79. The van der Waals surface area contributed by atoms with Gasteiger partial charge in [0.05, 0.1) is 22.8 Å². The van der Waals surface area contributed by atoms with E-state index in [0.717, 1.165) is 0 Å². The summed E-state index contributed by atoms with van der Waals surface area (Å²) in [5.41, 5.74) is -2.89. The summed E-state index contributed by atoms with van der Waals surface area (Å²) in [4.78, 5) is 34.6. The molecule has 2 aromatic rings. The van der Waals surface area contributed by atoms with Gasteiger partial charge in [-0.1, -0.05) is 23.2 Å². The maximum Gasteiger partial charge on any atom is 0.422 e. The van der Waals surface area contributed by atoms with Crippen molar-refractivity contribution in [2.75, 3.05) is 0 Å². The van der Waals surface area contributed by atoms with Gasteiger partial charge in [0.1, 0.15) is 0 Å². The summed E-state index contributed by atoms with van der Waals surface area (Å²) >= 11 is 11.5. The van der Waals surface area contributed by atoms with Gasteiger partial charge in [0.15, 0.2) is 0 Å². The molecule has 0 N–H and O–H groups in total. The van der Waals surface area contributed by atoms with Gasteiger partial charge < -0.3 is 4.52 Å². The molecule has 94 valence electrons. The van der Waals surface area contributed by atoms with E-state index in [1.54, 1.807) is 0 Å². The average molecular weight is 289 g/mol. The van der Waals surface area contributed by atoms with E-state index in [-0.39, 0.29) is 15.7 Å². The normalized spacial score (nSPS) is 10.6. The second-order valence-corrected chi connectivity index (χ2v) is 4.21. The minimum atomic E-state index is -1.15. The van der Waals surface area contributed by atoms with E-state index in [4.69, 9.17) is 23.2 Å². The first-order valence-corrected chi connectivity index (χ1v) is 5.46. The van der Waals surface area contributed by atoms with Crippen LogP contribution >= 0.6 is 23.2 Å². The summed E-state index contributed by atoms with van der Waals surface area (Å²) in [5.74, 6) is 0. The van der Waals surface area contributed by atoms with E-state index in [1.807, 2.05) is 0 Å². The van der Waals surface area contributed by atoms with Crippen LogP contribution in [0.3, 0.4) is 0 Å². The molecule has 0 atom stereocenters. The molecule has 0 saturated heterocycles. The van der Waals surface area contributed by atoms with E-state index < -0.39 is 16.9 Å². The fraction of sp³-hybridized carbons (Fsp3) is 0.100. The van der Waals surface area contributed by atoms with Gasteiger partial charge in [0, 0.05) is 0 Å². The largest absolute Gasteiger partial charge is 0.422 e. The molecule has 0 bridgehead atoms. The summed E-state index contributed by atoms with van der Waals surface area (Å²) in [5, 5.41) is 0.435. The smallest absolute Gasteiger partial charge is 0.327 e. The number of hydrogen-bond donors (Lipinski definition) is 0. The zero-order valence-electron chi connectivity index (χ0n) is 9.02. The number of benzene rings is 1. The van der Waals surface area contributed by atoms with Crippen molar-refractivity contribution < 1.29 is 4.52 Å². The molecule has 0 spiro atoms. The molecular weight excluding hydrogens is 283 g/mol. The van der Waals surface area contributed by atoms with Gasteiger partial charge in [0.25, 0.3) is 0 Å². The van der Waals surface area contributed by atoms with Gasteiger partial charge in [-0.05, 0) is 18.2 Å². The first-order chi connectivity index (χ1) is 8.41. The Morgan fingerprint density at radius 2 is 1.78 bits per heavy atom. The topological polar surface area (TPSA) is 74.2 Å². The average Bonchev–Trinajstić information content (AvgIpc) is 2.31. The number of aromatic nitrogens is 2. The quantitative estimate of drug-likeness (QED) is 0.728. The van der Waals surface area contributed by atoms with Gasteiger partial charge >= 0.3 is 16.9 Å². The molecule has 1 aromatic carbocycles. The summed E-state index contributed by atoms with van der Waals surface area (Å²) < 4.78 is 5.73. The van der Waals surface area contributed by atoms with Gasteiger partial charge in [-0.2, -0.15) is 4.74 Å². The van der Waals surface area contributed by atoms with E-state index in [0.29, 0.717) is 9.31 Å². The van der Waals surface area contributed by atoms with Crippen molar-refractivity contribution >= 4 is 23.2 Å². The second kappa shape index (κ2) is 4.47. The molecule has 0 aliphatic carbocycles. The molecule has 8 heteroatoms. The van der Waals surface area contributed by atoms with Crippen LogP contribution in [0, 0.1) is 0 Å². The minimum Gasteiger partial charge on any atom is -0.327 e. The second-order valence-electron chi connectivity index (χ2n) is 3.40. The molecule has 6 nitrogen and oxygen atoms in total. The number of hydrogen-bond acceptors (Lipinski definition) is 4. The predicted molar refractivity (Wildman–Crippen MR) is 65.8 cm³/mol. The molecule has 0 unspecified atom stereocenters. The highest BCUT2D eigenvalue weighted by molar-refractivity contribution is 6.42. The number of nitrogens with zero attached hydrogens (tertiary/aromatic N) is 2. The van der Waals surface area contributed by atoms with Gasteiger partial charge in [-0.3, -0.25) is 4.79 Å². The maximum absolute atomic E-state index is 11.8. The molecule has 1 aromatic heterocycles. The number of rotatable bonds is 1. The van der Waals surface area contributed by atoms with Crippen molar-refractivity contribution in [3.05, 3.63) is 59.5 Å². The van der Waals surface area contributed by atoms with Crippen LogP contribution in [0.1, 0.15) is 0 Å². The van der Waals surface area contributed by atoms with E-state index in [9.17, 15) is 14.4 Å². The number of aryl methyl sites for hydroxylation is 1. The maximum atomic E-state index is 11.8. The van der Waals surface area contributed by atoms with Crippen LogP contribution in [0.4, 0.5) is 0 Å². The van der Waals surface area contributed by atoms with Crippen LogP contribution in [0.5, 0.6) is 0 Å². The molecule has 0 fully saturated rings. The molecule has 2 rings (SSSR count). The molecule has 0 saturated carbocycles. The van der Waals surface area contributed by atoms with Crippen LogP contribution in [0.2, 0.25) is 10.0 Å². The third-order valence-corrected chi connectivity index (χ3v) is 2.96. The zero-order valence-corrected chi connectivity index (χ0v) is 10.5. The highest BCUT2D eigenvalue weighted by atomic mass is 35.5. The van der Waals surface area contributed by atoms with Crippen LogP contribution in [0.15, 0.2) is 37.1 Å². The molecular formula is C10H6Cl2N2O4. The Labute approximate surface area is 110 Å². The minimum absolute atomic E-state index is 0.142. The first kappa shape index (κ1) is 12.7. The van der Waals surface area contributed by atoms with Crippen molar-refractivity contribution in [1.29, 1.82) is 0 Å². The highest BCUT2D eigenvalue weighted by Crippen LogP contribution is 2.23. The first-order valence-electron chi connectivity index (χ1n) is 4.71. The lowest BCUT2D eigenvalue weighted by Gasteiger charge is -2.05. The Balaban J connectivity index is 2.87. The van der Waals surface area contributed by atoms with Crippen molar-refractivity contribution in [1.82, 2.24) is 9.31 Å². The fourth-order valence-corrected chi connectivity index (χ4v) is 1.67. The molecule has 0 amide bonds. The van der Waals surface area contributed by atoms with E-state index in [2.05, 4.69) is 4.52 Å². The lowest BCUT2D eigenvalue weighted by Crippen LogP contribution is -2.45.